The van der Waals surface area contributed by atoms with Gasteiger partial charge in [0.1, 0.15) is 0 Å². The van der Waals surface area contributed by atoms with Gasteiger partial charge in [0.25, 0.3) is 0 Å². The Balaban J connectivity index is 1.24. The number of carbonyl (C=O) groups is 3. The van der Waals surface area contributed by atoms with Crippen LogP contribution in [0.4, 0.5) is 0 Å². The number of esters is 2. The average molecular weight is 622 g/mol. The molecule has 0 bridgehead atoms. The second-order valence-corrected chi connectivity index (χ2v) is 12.0. The lowest BCUT2D eigenvalue weighted by Gasteiger charge is -2.43. The van der Waals surface area contributed by atoms with Gasteiger partial charge in [0.15, 0.2) is 0 Å². The zero-order chi connectivity index (χ0) is 32.7. The van der Waals surface area contributed by atoms with Gasteiger partial charge in [-0.3, -0.25) is 4.79 Å². The molecule has 1 amide bonds. The van der Waals surface area contributed by atoms with Crippen molar-refractivity contribution in [2.75, 3.05) is 33.9 Å². The standard InChI is InChI=1S/C38H43N3O5/c1-26-33(37(44)46-4)34(28-17-19-29(20-18-28)36(43)45-3)35(27(2)39-26)40-32(42)16-11-23-41-24-21-38(22-25-41,30-12-7-5-8-13-30)31-14-9-6-10-15-31/h5-10,12-15,17-20,34,39H,11,16,21-25H2,1-4H3,(H,40,42). The normalized spacial score (nSPS) is 18.0. The number of benzene rings is 3. The lowest BCUT2D eigenvalue weighted by molar-refractivity contribution is -0.136. The number of rotatable bonds is 10. The van der Waals surface area contributed by atoms with E-state index < -0.39 is 17.9 Å². The Labute approximate surface area is 271 Å². The predicted molar refractivity (Wildman–Crippen MR) is 178 cm³/mol. The summed E-state index contributed by atoms with van der Waals surface area (Å²) in [6, 6.07) is 28.5. The van der Waals surface area contributed by atoms with Gasteiger partial charge in [0.05, 0.1) is 31.3 Å². The number of amides is 1. The van der Waals surface area contributed by atoms with Crippen LogP contribution in [0.1, 0.15) is 72.5 Å². The minimum atomic E-state index is -0.574. The number of dihydropyridines is 1. The molecule has 2 N–H and O–H groups in total. The second-order valence-electron chi connectivity index (χ2n) is 12.0. The van der Waals surface area contributed by atoms with Gasteiger partial charge in [-0.05, 0) is 81.6 Å². The van der Waals surface area contributed by atoms with E-state index in [1.165, 1.54) is 25.3 Å². The van der Waals surface area contributed by atoms with Crippen LogP contribution in [0.25, 0.3) is 0 Å². The summed E-state index contributed by atoms with van der Waals surface area (Å²) in [5, 5.41) is 6.36. The molecule has 1 saturated heterocycles. The van der Waals surface area contributed by atoms with Crippen molar-refractivity contribution in [2.24, 2.45) is 0 Å². The lowest BCUT2D eigenvalue weighted by atomic mass is 9.68. The highest BCUT2D eigenvalue weighted by Gasteiger charge is 2.38. The molecule has 0 aromatic heterocycles. The maximum Gasteiger partial charge on any atom is 0.337 e. The highest BCUT2D eigenvalue weighted by molar-refractivity contribution is 5.93. The molecule has 0 spiro atoms. The van der Waals surface area contributed by atoms with E-state index in [9.17, 15) is 14.4 Å². The molecule has 0 radical (unpaired) electrons. The first kappa shape index (κ1) is 32.7. The van der Waals surface area contributed by atoms with Gasteiger partial charge in [-0.2, -0.15) is 0 Å². The van der Waals surface area contributed by atoms with Gasteiger partial charge < -0.3 is 25.0 Å². The summed E-state index contributed by atoms with van der Waals surface area (Å²) in [6.45, 7) is 6.43. The smallest absolute Gasteiger partial charge is 0.337 e. The van der Waals surface area contributed by atoms with E-state index in [4.69, 9.17) is 9.47 Å². The summed E-state index contributed by atoms with van der Waals surface area (Å²) in [5.41, 5.74) is 6.24. The fourth-order valence-corrected chi connectivity index (χ4v) is 6.90. The SMILES string of the molecule is COC(=O)C1=C(C)NC(C)=C(NC(=O)CCCN2CCC(c3ccccc3)(c3ccccc3)CC2)C1c1ccc(C(=O)OC)cc1. The van der Waals surface area contributed by atoms with Gasteiger partial charge in [0.2, 0.25) is 5.91 Å². The molecule has 46 heavy (non-hydrogen) atoms. The first-order valence-corrected chi connectivity index (χ1v) is 15.9. The third kappa shape index (κ3) is 6.92. The van der Waals surface area contributed by atoms with Crippen molar-refractivity contribution in [1.29, 1.82) is 0 Å². The molecule has 2 aliphatic rings. The van der Waals surface area contributed by atoms with Crippen LogP contribution in [0.2, 0.25) is 0 Å². The van der Waals surface area contributed by atoms with Gasteiger partial charge in [-0.1, -0.05) is 72.8 Å². The summed E-state index contributed by atoms with van der Waals surface area (Å²) in [4.78, 5) is 40.8. The van der Waals surface area contributed by atoms with Crippen molar-refractivity contribution in [3.05, 3.63) is 130 Å². The van der Waals surface area contributed by atoms with E-state index in [1.807, 2.05) is 13.8 Å². The Hall–Kier alpha value is -4.69. The summed E-state index contributed by atoms with van der Waals surface area (Å²) < 4.78 is 9.97. The molecule has 1 fully saturated rings. The molecule has 1 unspecified atom stereocenters. The van der Waals surface area contributed by atoms with E-state index in [-0.39, 0.29) is 11.3 Å². The first-order valence-electron chi connectivity index (χ1n) is 15.9. The molecule has 8 nitrogen and oxygen atoms in total. The Bertz CT molecular complexity index is 1560. The molecule has 240 valence electrons. The maximum atomic E-state index is 13.4. The minimum absolute atomic E-state index is 0.0125. The van der Waals surface area contributed by atoms with Crippen molar-refractivity contribution in [3.8, 4) is 0 Å². The van der Waals surface area contributed by atoms with Crippen LogP contribution in [0.5, 0.6) is 0 Å². The predicted octanol–water partition coefficient (Wildman–Crippen LogP) is 5.82. The molecule has 0 aliphatic carbocycles. The number of piperidine rings is 1. The molecule has 5 rings (SSSR count). The fraction of sp³-hybridized carbons (Fsp3) is 0.342. The van der Waals surface area contributed by atoms with Crippen LogP contribution in [0.15, 0.2) is 108 Å². The molecule has 1 atom stereocenters. The van der Waals surface area contributed by atoms with Crippen LogP contribution in [-0.4, -0.2) is 56.6 Å². The van der Waals surface area contributed by atoms with Crippen molar-refractivity contribution in [3.63, 3.8) is 0 Å². The quantitative estimate of drug-likeness (QED) is 0.276. The van der Waals surface area contributed by atoms with Crippen LogP contribution in [0, 0.1) is 0 Å². The fourth-order valence-electron chi connectivity index (χ4n) is 6.90. The third-order valence-electron chi connectivity index (χ3n) is 9.35. The average Bonchev–Trinajstić information content (AvgIpc) is 3.09. The number of hydrogen-bond acceptors (Lipinski definition) is 7. The number of methoxy groups -OCH3 is 2. The lowest BCUT2D eigenvalue weighted by Crippen LogP contribution is -2.43. The molecule has 8 heteroatoms. The van der Waals surface area contributed by atoms with Crippen molar-refractivity contribution in [1.82, 2.24) is 15.5 Å². The van der Waals surface area contributed by atoms with Crippen LogP contribution >= 0.6 is 0 Å². The molecular formula is C38H43N3O5. The summed E-state index contributed by atoms with van der Waals surface area (Å²) >= 11 is 0. The molecule has 0 saturated carbocycles. The molecule has 2 aliphatic heterocycles. The zero-order valence-corrected chi connectivity index (χ0v) is 27.1. The minimum Gasteiger partial charge on any atom is -0.466 e. The van der Waals surface area contributed by atoms with Gasteiger partial charge >= 0.3 is 11.9 Å². The first-order chi connectivity index (χ1) is 22.3. The summed E-state index contributed by atoms with van der Waals surface area (Å²) in [6.07, 6.45) is 3.10. The van der Waals surface area contributed by atoms with Gasteiger partial charge in [0, 0.05) is 28.9 Å². The monoisotopic (exact) mass is 621 g/mol. The highest BCUT2D eigenvalue weighted by Crippen LogP contribution is 2.42. The Morgan fingerprint density at radius 3 is 1.91 bits per heavy atom. The molecular weight excluding hydrogens is 578 g/mol. The topological polar surface area (TPSA) is 97.0 Å². The number of nitrogens with one attached hydrogen (secondary N) is 2. The number of carbonyl (C=O) groups excluding carboxylic acids is 3. The molecule has 3 aromatic carbocycles. The zero-order valence-electron chi connectivity index (χ0n) is 27.1. The maximum absolute atomic E-state index is 13.4. The Morgan fingerprint density at radius 2 is 1.37 bits per heavy atom. The number of hydrogen-bond donors (Lipinski definition) is 2. The van der Waals surface area contributed by atoms with Gasteiger partial charge in [-0.15, -0.1) is 0 Å². The van der Waals surface area contributed by atoms with Crippen molar-refractivity contribution < 1.29 is 23.9 Å². The number of nitrogens with zero attached hydrogens (tertiary/aromatic N) is 1. The van der Waals surface area contributed by atoms with E-state index in [1.54, 1.807) is 24.3 Å². The summed E-state index contributed by atoms with van der Waals surface area (Å²) in [7, 11) is 2.67. The number of likely N-dealkylation sites (tertiary alicyclic amines) is 1. The largest absolute Gasteiger partial charge is 0.466 e. The highest BCUT2D eigenvalue weighted by atomic mass is 16.5. The molecule has 3 aromatic rings. The van der Waals surface area contributed by atoms with Crippen molar-refractivity contribution >= 4 is 17.8 Å². The van der Waals surface area contributed by atoms with Crippen LogP contribution in [-0.2, 0) is 24.5 Å². The Kier molecular flexibility index (Phi) is 10.4. The van der Waals surface area contributed by atoms with Crippen LogP contribution in [0.3, 0.4) is 0 Å². The van der Waals surface area contributed by atoms with Crippen LogP contribution < -0.4 is 10.6 Å². The summed E-state index contributed by atoms with van der Waals surface area (Å²) in [5.74, 6) is -1.62. The second kappa shape index (κ2) is 14.6. The molecule has 2 heterocycles. The third-order valence-corrected chi connectivity index (χ3v) is 9.35. The van der Waals surface area contributed by atoms with E-state index in [0.29, 0.717) is 35.4 Å². The van der Waals surface area contributed by atoms with E-state index >= 15 is 0 Å². The van der Waals surface area contributed by atoms with Gasteiger partial charge in [-0.25, -0.2) is 9.59 Å². The van der Waals surface area contributed by atoms with Crippen molar-refractivity contribution in [2.45, 2.75) is 50.9 Å². The van der Waals surface area contributed by atoms with E-state index in [0.717, 1.165) is 43.7 Å². The number of ether oxygens (including phenoxy) is 2. The number of allylic oxidation sites excluding steroid dienone is 3. The Morgan fingerprint density at radius 1 is 0.804 bits per heavy atom. The van der Waals surface area contributed by atoms with E-state index in [2.05, 4.69) is 76.2 Å².